The van der Waals surface area contributed by atoms with E-state index >= 15 is 0 Å². The molecular formula is C21H16Cl2N4O3S. The van der Waals surface area contributed by atoms with E-state index in [9.17, 15) is 18.5 Å². The fourth-order valence-electron chi connectivity index (χ4n) is 2.66. The van der Waals surface area contributed by atoms with Gasteiger partial charge in [-0.15, -0.1) is 4.83 Å². The van der Waals surface area contributed by atoms with E-state index in [1.807, 2.05) is 6.07 Å². The molecule has 31 heavy (non-hydrogen) atoms. The molecule has 0 aliphatic carbocycles. The fraction of sp³-hybridized carbons (Fsp3) is 0.0476. The zero-order chi connectivity index (χ0) is 22.4. The van der Waals surface area contributed by atoms with E-state index in [0.29, 0.717) is 5.56 Å². The van der Waals surface area contributed by atoms with E-state index in [4.69, 9.17) is 23.2 Å². The second-order valence-electron chi connectivity index (χ2n) is 6.37. The van der Waals surface area contributed by atoms with Crippen LogP contribution in [0.5, 0.6) is 0 Å². The van der Waals surface area contributed by atoms with Crippen LogP contribution in [0.3, 0.4) is 0 Å². The molecule has 3 aromatic rings. The first-order valence-corrected chi connectivity index (χ1v) is 11.3. The molecule has 158 valence electrons. The van der Waals surface area contributed by atoms with Crippen LogP contribution in [0.25, 0.3) is 0 Å². The van der Waals surface area contributed by atoms with E-state index in [1.54, 1.807) is 42.5 Å². The average Bonchev–Trinajstić information content (AvgIpc) is 2.75. The molecule has 7 nitrogen and oxygen atoms in total. The number of rotatable bonds is 6. The van der Waals surface area contributed by atoms with Gasteiger partial charge in [-0.2, -0.15) is 5.26 Å². The maximum Gasteiger partial charge on any atom is 0.341 e. The molecule has 0 heterocycles. The second-order valence-corrected chi connectivity index (χ2v) is 8.85. The van der Waals surface area contributed by atoms with Gasteiger partial charge in [0.05, 0.1) is 38.8 Å². The molecule has 0 aliphatic rings. The predicted molar refractivity (Wildman–Crippen MR) is 121 cm³/mol. The number of benzene rings is 3. The lowest BCUT2D eigenvalue weighted by Gasteiger charge is -2.24. The van der Waals surface area contributed by atoms with Crippen LogP contribution in [0.1, 0.15) is 11.1 Å². The number of nitrogens with zero attached hydrogens (tertiary/aromatic N) is 2. The quantitative estimate of drug-likeness (QED) is 0.493. The maximum atomic E-state index is 13.0. The van der Waals surface area contributed by atoms with Gasteiger partial charge in [-0.3, -0.25) is 0 Å². The molecule has 0 radical (unpaired) electrons. The minimum absolute atomic E-state index is 0.107. The lowest BCUT2D eigenvalue weighted by molar-refractivity contribution is 0.256. The van der Waals surface area contributed by atoms with Crippen molar-refractivity contribution in [3.63, 3.8) is 0 Å². The number of hydrogen-bond acceptors (Lipinski definition) is 4. The van der Waals surface area contributed by atoms with E-state index < -0.39 is 16.1 Å². The molecule has 3 aromatic carbocycles. The summed E-state index contributed by atoms with van der Waals surface area (Å²) in [5.41, 5.74) is 1.13. The minimum Gasteiger partial charge on any atom is -0.305 e. The lowest BCUT2D eigenvalue weighted by atomic mass is 10.2. The summed E-state index contributed by atoms with van der Waals surface area (Å²) < 4.78 is 25.5. The molecule has 3 rings (SSSR count). The van der Waals surface area contributed by atoms with Crippen LogP contribution in [0, 0.1) is 11.3 Å². The third-order valence-corrected chi connectivity index (χ3v) is 6.05. The number of anilines is 2. The van der Waals surface area contributed by atoms with Crippen LogP contribution in [0.15, 0.2) is 72.8 Å². The molecule has 2 N–H and O–H groups in total. The summed E-state index contributed by atoms with van der Waals surface area (Å²) in [6, 6.07) is 20.2. The number of amides is 2. The van der Waals surface area contributed by atoms with Crippen LogP contribution >= 0.6 is 23.2 Å². The zero-order valence-electron chi connectivity index (χ0n) is 15.9. The van der Waals surface area contributed by atoms with Crippen molar-refractivity contribution in [3.05, 3.63) is 94.0 Å². The minimum atomic E-state index is -3.98. The Balaban J connectivity index is 1.93. The number of hydrogen-bond donors (Lipinski definition) is 2. The van der Waals surface area contributed by atoms with Gasteiger partial charge in [-0.1, -0.05) is 65.7 Å². The Morgan fingerprint density at radius 1 is 1.00 bits per heavy atom. The standard InChI is InChI=1S/C21H16Cl2N4O3S/c22-18-10-5-11-19(20(18)23)25-21(28)27(17-9-4-8-16(12-17)13-24)26-31(29,30)14-15-6-2-1-3-7-15/h1-12,26H,14H2,(H,25,28). The molecule has 0 saturated heterocycles. The van der Waals surface area contributed by atoms with Gasteiger partial charge in [0.25, 0.3) is 0 Å². The molecule has 2 amide bonds. The highest BCUT2D eigenvalue weighted by Crippen LogP contribution is 2.30. The van der Waals surface area contributed by atoms with Crippen molar-refractivity contribution in [1.29, 1.82) is 5.26 Å². The van der Waals surface area contributed by atoms with Crippen molar-refractivity contribution in [2.75, 3.05) is 10.3 Å². The number of nitriles is 1. The first-order chi connectivity index (χ1) is 14.8. The summed E-state index contributed by atoms with van der Waals surface area (Å²) in [5, 5.41) is 12.8. The topological polar surface area (TPSA) is 102 Å². The van der Waals surface area contributed by atoms with E-state index in [0.717, 1.165) is 5.01 Å². The summed E-state index contributed by atoms with van der Waals surface area (Å²) in [4.78, 5) is 15.3. The molecule has 0 atom stereocenters. The number of carbonyl (C=O) groups is 1. The van der Waals surface area contributed by atoms with Crippen molar-refractivity contribution in [1.82, 2.24) is 4.83 Å². The largest absolute Gasteiger partial charge is 0.341 e. The predicted octanol–water partition coefficient (Wildman–Crippen LogP) is 4.94. The molecule has 0 aliphatic heterocycles. The summed E-state index contributed by atoms with van der Waals surface area (Å²) in [5.74, 6) is -0.354. The van der Waals surface area contributed by atoms with E-state index in [2.05, 4.69) is 10.1 Å². The van der Waals surface area contributed by atoms with Crippen molar-refractivity contribution in [3.8, 4) is 6.07 Å². The Labute approximate surface area is 189 Å². The van der Waals surface area contributed by atoms with Gasteiger partial charge in [0.2, 0.25) is 10.0 Å². The van der Waals surface area contributed by atoms with Gasteiger partial charge >= 0.3 is 6.03 Å². The van der Waals surface area contributed by atoms with Gasteiger partial charge in [0.15, 0.2) is 0 Å². The molecule has 0 saturated carbocycles. The van der Waals surface area contributed by atoms with Crippen LogP contribution in [-0.4, -0.2) is 14.4 Å². The fourth-order valence-corrected chi connectivity index (χ4v) is 4.17. The first-order valence-electron chi connectivity index (χ1n) is 8.88. The number of hydrazine groups is 1. The van der Waals surface area contributed by atoms with Gasteiger partial charge in [-0.25, -0.2) is 18.2 Å². The SMILES string of the molecule is N#Cc1cccc(N(NS(=O)(=O)Cc2ccccc2)C(=O)Nc2cccc(Cl)c2Cl)c1. The summed E-state index contributed by atoms with van der Waals surface area (Å²) >= 11 is 12.1. The Bertz CT molecular complexity index is 1240. The molecule has 0 unspecified atom stereocenters. The van der Waals surface area contributed by atoms with Gasteiger partial charge in [0, 0.05) is 0 Å². The number of sulfonamides is 1. The number of nitrogens with one attached hydrogen (secondary N) is 2. The zero-order valence-corrected chi connectivity index (χ0v) is 18.2. The van der Waals surface area contributed by atoms with Crippen molar-refractivity contribution in [2.24, 2.45) is 0 Å². The monoisotopic (exact) mass is 474 g/mol. The Morgan fingerprint density at radius 2 is 1.71 bits per heavy atom. The lowest BCUT2D eigenvalue weighted by Crippen LogP contribution is -2.49. The summed E-state index contributed by atoms with van der Waals surface area (Å²) in [6.45, 7) is 0. The summed E-state index contributed by atoms with van der Waals surface area (Å²) in [6.07, 6.45) is 0. The van der Waals surface area contributed by atoms with Crippen molar-refractivity contribution < 1.29 is 13.2 Å². The van der Waals surface area contributed by atoms with Crippen molar-refractivity contribution in [2.45, 2.75) is 5.75 Å². The first kappa shape index (κ1) is 22.6. The third kappa shape index (κ3) is 5.96. The van der Waals surface area contributed by atoms with Gasteiger partial charge in [-0.05, 0) is 35.9 Å². The van der Waals surface area contributed by atoms with Crippen LogP contribution in [0.2, 0.25) is 10.0 Å². The Morgan fingerprint density at radius 3 is 2.42 bits per heavy atom. The Hall–Kier alpha value is -3.09. The van der Waals surface area contributed by atoms with Crippen LogP contribution in [0.4, 0.5) is 16.2 Å². The van der Waals surface area contributed by atoms with Gasteiger partial charge < -0.3 is 5.32 Å². The molecule has 10 heteroatoms. The smallest absolute Gasteiger partial charge is 0.305 e. The number of urea groups is 1. The molecule has 0 bridgehead atoms. The van der Waals surface area contributed by atoms with E-state index in [1.165, 1.54) is 30.3 Å². The highest BCUT2D eigenvalue weighted by molar-refractivity contribution is 7.88. The van der Waals surface area contributed by atoms with Crippen LogP contribution in [-0.2, 0) is 15.8 Å². The van der Waals surface area contributed by atoms with Gasteiger partial charge in [0.1, 0.15) is 0 Å². The Kier molecular flexibility index (Phi) is 7.15. The normalized spacial score (nSPS) is 10.9. The molecule has 0 spiro atoms. The van der Waals surface area contributed by atoms with Crippen molar-refractivity contribution >= 4 is 50.6 Å². The third-order valence-electron chi connectivity index (χ3n) is 4.06. The van der Waals surface area contributed by atoms with Crippen LogP contribution < -0.4 is 15.2 Å². The average molecular weight is 475 g/mol. The molecule has 0 aromatic heterocycles. The summed E-state index contributed by atoms with van der Waals surface area (Å²) in [7, 11) is -3.98. The van der Waals surface area contributed by atoms with E-state index in [-0.39, 0.29) is 32.7 Å². The highest BCUT2D eigenvalue weighted by atomic mass is 35.5. The number of halogens is 2. The second kappa shape index (κ2) is 9.81. The maximum absolute atomic E-state index is 13.0. The number of carbonyl (C=O) groups excluding carboxylic acids is 1. The molecule has 0 fully saturated rings. The molecular weight excluding hydrogens is 459 g/mol. The highest BCUT2D eigenvalue weighted by Gasteiger charge is 2.24.